The van der Waals surface area contributed by atoms with Crippen molar-refractivity contribution in [1.82, 2.24) is 5.32 Å². The normalized spacial score (nSPS) is 29.1. The number of hydrogen-bond acceptors (Lipinski definition) is 3. The van der Waals surface area contributed by atoms with Gasteiger partial charge in [-0.1, -0.05) is 54.1 Å². The molecule has 2 amide bonds. The Balaban J connectivity index is 1.92. The molecule has 32 heavy (non-hydrogen) atoms. The van der Waals surface area contributed by atoms with E-state index in [0.29, 0.717) is 10.7 Å². The Hall–Kier alpha value is -2.93. The van der Waals surface area contributed by atoms with E-state index in [1.807, 2.05) is 55.6 Å². The number of anilines is 1. The van der Waals surface area contributed by atoms with Crippen LogP contribution in [0, 0.1) is 0 Å². The van der Waals surface area contributed by atoms with Gasteiger partial charge in [0.05, 0.1) is 18.3 Å². The molecule has 2 unspecified atom stereocenters. The summed E-state index contributed by atoms with van der Waals surface area (Å²) in [6.45, 7) is 0.251. The average molecular weight is 451 g/mol. The largest absolute Gasteiger partial charge is 0.387 e. The molecule has 5 rings (SSSR count). The number of nitrogens with one attached hydrogen (secondary N) is 2. The SMILES string of the molecule is CNC(=O)[C@@H]1C[C@@H](O)C[N+]1(C)C1(c2cccc3ccccc23)C(=O)Nc2ccc(Cl)cc21. The minimum Gasteiger partial charge on any atom is -0.387 e. The van der Waals surface area contributed by atoms with Gasteiger partial charge in [-0.15, -0.1) is 0 Å². The quantitative estimate of drug-likeness (QED) is 0.537. The van der Waals surface area contributed by atoms with Crippen LogP contribution in [0.3, 0.4) is 0 Å². The Morgan fingerprint density at radius 1 is 1.16 bits per heavy atom. The number of benzene rings is 3. The molecule has 164 valence electrons. The minimum absolute atomic E-state index is 0.0149. The maximum atomic E-state index is 14.1. The van der Waals surface area contributed by atoms with Gasteiger partial charge in [0, 0.05) is 24.1 Å². The van der Waals surface area contributed by atoms with Crippen LogP contribution in [0.1, 0.15) is 17.5 Å². The topological polar surface area (TPSA) is 78.4 Å². The number of nitrogens with zero attached hydrogens (tertiary/aromatic N) is 1. The van der Waals surface area contributed by atoms with Gasteiger partial charge in [-0.2, -0.15) is 0 Å². The molecule has 0 saturated carbocycles. The lowest BCUT2D eigenvalue weighted by molar-refractivity contribution is -0.953. The number of carbonyl (C=O) groups excluding carboxylic acids is 2. The van der Waals surface area contributed by atoms with Crippen LogP contribution in [0.4, 0.5) is 5.69 Å². The molecule has 2 aliphatic heterocycles. The number of halogens is 1. The molecule has 0 aliphatic carbocycles. The number of hydrogen-bond donors (Lipinski definition) is 3. The predicted octanol–water partition coefficient (Wildman–Crippen LogP) is 3.01. The van der Waals surface area contributed by atoms with Gasteiger partial charge in [0.2, 0.25) is 5.54 Å². The number of carbonyl (C=O) groups is 2. The molecule has 0 radical (unpaired) electrons. The molecule has 2 aliphatic rings. The van der Waals surface area contributed by atoms with Gasteiger partial charge in [0.15, 0.2) is 6.04 Å². The van der Waals surface area contributed by atoms with Crippen LogP contribution in [0.2, 0.25) is 5.02 Å². The van der Waals surface area contributed by atoms with Crippen molar-refractivity contribution >= 4 is 39.9 Å². The van der Waals surface area contributed by atoms with E-state index in [-0.39, 0.29) is 29.3 Å². The fourth-order valence-electron chi connectivity index (χ4n) is 5.88. The van der Waals surface area contributed by atoms with Crippen LogP contribution >= 0.6 is 11.6 Å². The molecule has 0 aromatic heterocycles. The first kappa shape index (κ1) is 20.9. The summed E-state index contributed by atoms with van der Waals surface area (Å²) in [6.07, 6.45) is -0.448. The van der Waals surface area contributed by atoms with Crippen molar-refractivity contribution in [2.45, 2.75) is 24.1 Å². The molecule has 7 heteroatoms. The Labute approximate surface area is 191 Å². The van der Waals surface area contributed by atoms with Crippen LogP contribution in [0.5, 0.6) is 0 Å². The third-order valence-corrected chi connectivity index (χ3v) is 7.45. The van der Waals surface area contributed by atoms with E-state index in [4.69, 9.17) is 11.6 Å². The Bertz CT molecular complexity index is 1260. The van der Waals surface area contributed by atoms with E-state index in [1.165, 1.54) is 0 Å². The molecule has 3 aromatic rings. The molecular formula is C25H25ClN3O3+. The van der Waals surface area contributed by atoms with E-state index in [1.54, 1.807) is 19.2 Å². The first-order valence-electron chi connectivity index (χ1n) is 10.7. The fraction of sp³-hybridized carbons (Fsp3) is 0.280. The van der Waals surface area contributed by atoms with Crippen molar-refractivity contribution in [2.75, 3.05) is 26.0 Å². The summed E-state index contributed by atoms with van der Waals surface area (Å²) in [5.41, 5.74) is 0.913. The second-order valence-electron chi connectivity index (χ2n) is 8.85. The van der Waals surface area contributed by atoms with Gasteiger partial charge in [-0.3, -0.25) is 14.1 Å². The molecule has 3 aromatic carbocycles. The number of quaternary nitrogens is 1. The third kappa shape index (κ3) is 2.67. The van der Waals surface area contributed by atoms with Crippen molar-refractivity contribution in [2.24, 2.45) is 0 Å². The van der Waals surface area contributed by atoms with Gasteiger partial charge < -0.3 is 15.7 Å². The summed E-state index contributed by atoms with van der Waals surface area (Å²) in [6, 6.07) is 18.5. The zero-order valence-electron chi connectivity index (χ0n) is 17.9. The van der Waals surface area contributed by atoms with Gasteiger partial charge in [0.1, 0.15) is 12.6 Å². The van der Waals surface area contributed by atoms with E-state index in [9.17, 15) is 14.7 Å². The summed E-state index contributed by atoms with van der Waals surface area (Å²) >= 11 is 6.44. The molecular weight excluding hydrogens is 426 g/mol. The average Bonchev–Trinajstić information content (AvgIpc) is 3.26. The number of aliphatic hydroxyl groups excluding tert-OH is 1. The Morgan fingerprint density at radius 2 is 1.91 bits per heavy atom. The predicted molar refractivity (Wildman–Crippen MR) is 124 cm³/mol. The van der Waals surface area contributed by atoms with Crippen LogP contribution in [0.15, 0.2) is 60.7 Å². The Kier molecular flexibility index (Phi) is 4.78. The third-order valence-electron chi connectivity index (χ3n) is 7.22. The standard InChI is InChI=1S/C25H24ClN3O3/c1-27-23(31)22-13-17(30)14-29(22,2)25(19-9-5-7-15-6-3-4-8-18(15)19)20-12-16(26)10-11-21(20)28-24(25)32/h3-12,17,22,30H,13-14H2,1-2H3,(H-,27,28,31,32)/p+1/t17-,22+,25?,29?/m1/s1. The summed E-state index contributed by atoms with van der Waals surface area (Å²) in [4.78, 5) is 27.1. The smallest absolute Gasteiger partial charge is 0.295 e. The highest BCUT2D eigenvalue weighted by Crippen LogP contribution is 2.54. The van der Waals surface area contributed by atoms with Gasteiger partial charge in [-0.05, 0) is 29.0 Å². The zero-order valence-corrected chi connectivity index (χ0v) is 18.7. The van der Waals surface area contributed by atoms with Crippen molar-refractivity contribution in [3.8, 4) is 0 Å². The van der Waals surface area contributed by atoms with E-state index >= 15 is 0 Å². The highest BCUT2D eigenvalue weighted by atomic mass is 35.5. The molecule has 3 N–H and O–H groups in total. The lowest BCUT2D eigenvalue weighted by Gasteiger charge is -2.48. The summed E-state index contributed by atoms with van der Waals surface area (Å²) in [7, 11) is 3.48. The van der Waals surface area contributed by atoms with Crippen LogP contribution in [-0.4, -0.2) is 54.2 Å². The molecule has 1 fully saturated rings. The molecule has 0 spiro atoms. The van der Waals surface area contributed by atoms with Gasteiger partial charge in [0.25, 0.3) is 11.8 Å². The lowest BCUT2D eigenvalue weighted by atomic mass is 9.77. The highest BCUT2D eigenvalue weighted by molar-refractivity contribution is 6.31. The van der Waals surface area contributed by atoms with Crippen molar-refractivity contribution in [3.05, 3.63) is 76.8 Å². The minimum atomic E-state index is -1.27. The number of aliphatic hydroxyl groups is 1. The summed E-state index contributed by atoms with van der Waals surface area (Å²) in [5.74, 6) is -0.427. The number of fused-ring (bicyclic) bond motifs is 2. The first-order chi connectivity index (χ1) is 15.3. The van der Waals surface area contributed by atoms with Gasteiger partial charge >= 0.3 is 0 Å². The monoisotopic (exact) mass is 450 g/mol. The fourth-order valence-corrected chi connectivity index (χ4v) is 6.06. The van der Waals surface area contributed by atoms with Crippen LogP contribution in [0.25, 0.3) is 10.8 Å². The second kappa shape index (κ2) is 7.30. The zero-order chi connectivity index (χ0) is 22.7. The first-order valence-corrected chi connectivity index (χ1v) is 11.1. The maximum absolute atomic E-state index is 14.1. The van der Waals surface area contributed by atoms with Crippen molar-refractivity contribution in [3.63, 3.8) is 0 Å². The molecule has 1 saturated heterocycles. The van der Waals surface area contributed by atoms with E-state index in [0.717, 1.165) is 21.9 Å². The van der Waals surface area contributed by atoms with E-state index < -0.39 is 17.7 Å². The highest BCUT2D eigenvalue weighted by Gasteiger charge is 2.68. The van der Waals surface area contributed by atoms with Crippen molar-refractivity contribution in [1.29, 1.82) is 0 Å². The Morgan fingerprint density at radius 3 is 2.69 bits per heavy atom. The number of amides is 2. The second-order valence-corrected chi connectivity index (χ2v) is 9.29. The van der Waals surface area contributed by atoms with Crippen LogP contribution in [-0.2, 0) is 15.1 Å². The number of likely N-dealkylation sites (tertiary alicyclic amines) is 1. The van der Waals surface area contributed by atoms with E-state index in [2.05, 4.69) is 10.6 Å². The maximum Gasteiger partial charge on any atom is 0.295 e. The summed E-state index contributed by atoms with van der Waals surface area (Å²) < 4.78 is 0.0149. The molecule has 4 atom stereocenters. The molecule has 0 bridgehead atoms. The number of rotatable bonds is 3. The van der Waals surface area contributed by atoms with Gasteiger partial charge in [-0.25, -0.2) is 0 Å². The summed E-state index contributed by atoms with van der Waals surface area (Å²) in [5, 5.41) is 19.0. The molecule has 2 heterocycles. The molecule has 6 nitrogen and oxygen atoms in total. The lowest BCUT2D eigenvalue weighted by Crippen LogP contribution is -2.68. The van der Waals surface area contributed by atoms with Crippen molar-refractivity contribution < 1.29 is 19.2 Å². The van der Waals surface area contributed by atoms with Crippen LogP contribution < -0.4 is 10.6 Å². The number of likely N-dealkylation sites (N-methyl/N-ethyl adjacent to an activating group) is 2.